The van der Waals surface area contributed by atoms with Gasteiger partial charge in [-0.2, -0.15) is 8.42 Å². The van der Waals surface area contributed by atoms with Gasteiger partial charge in [0.05, 0.1) is 22.4 Å². The third-order valence-corrected chi connectivity index (χ3v) is 5.39. The molecule has 0 saturated heterocycles. The average Bonchev–Trinajstić information content (AvgIpc) is 2.94. The van der Waals surface area contributed by atoms with E-state index in [0.29, 0.717) is 0 Å². The molecule has 0 spiro atoms. The van der Waals surface area contributed by atoms with Crippen LogP contribution in [-0.4, -0.2) is 19.1 Å². The van der Waals surface area contributed by atoms with Gasteiger partial charge < -0.3 is 10.6 Å². The highest BCUT2D eigenvalue weighted by molar-refractivity contribution is 7.85. The SMILES string of the molecule is CCCCCCCCCCCC1Nc2ccc(S(=O)(=O)O)cc2N1. The molecule has 1 aromatic carbocycles. The molecule has 0 aliphatic carbocycles. The molecule has 3 N–H and O–H groups in total. The van der Waals surface area contributed by atoms with Crippen LogP contribution in [0.15, 0.2) is 23.1 Å². The average molecular weight is 355 g/mol. The molecule has 1 unspecified atom stereocenters. The first kappa shape index (κ1) is 19.1. The van der Waals surface area contributed by atoms with E-state index in [4.69, 9.17) is 4.55 Å². The Labute approximate surface area is 146 Å². The Morgan fingerprint density at radius 1 is 0.917 bits per heavy atom. The van der Waals surface area contributed by atoms with Crippen molar-refractivity contribution in [3.63, 3.8) is 0 Å². The lowest BCUT2D eigenvalue weighted by Gasteiger charge is -2.11. The first-order valence-corrected chi connectivity index (χ1v) is 10.6. The number of anilines is 2. The van der Waals surface area contributed by atoms with Crippen molar-refractivity contribution >= 4 is 21.5 Å². The van der Waals surface area contributed by atoms with Gasteiger partial charge in [0.1, 0.15) is 0 Å². The summed E-state index contributed by atoms with van der Waals surface area (Å²) in [5.41, 5.74) is 1.63. The lowest BCUT2D eigenvalue weighted by Crippen LogP contribution is -2.21. The summed E-state index contributed by atoms with van der Waals surface area (Å²) in [6.45, 7) is 2.24. The number of hydrogen-bond donors (Lipinski definition) is 3. The fraction of sp³-hybridized carbons (Fsp3) is 0.667. The zero-order valence-electron chi connectivity index (χ0n) is 14.6. The van der Waals surface area contributed by atoms with Gasteiger partial charge >= 0.3 is 0 Å². The number of benzene rings is 1. The van der Waals surface area contributed by atoms with Crippen LogP contribution in [0, 0.1) is 0 Å². The van der Waals surface area contributed by atoms with E-state index < -0.39 is 10.1 Å². The fourth-order valence-electron chi connectivity index (χ4n) is 3.14. The van der Waals surface area contributed by atoms with Crippen LogP contribution in [-0.2, 0) is 10.1 Å². The van der Waals surface area contributed by atoms with Crippen LogP contribution < -0.4 is 10.6 Å². The number of unbranched alkanes of at least 4 members (excludes halogenated alkanes) is 8. The lowest BCUT2D eigenvalue weighted by molar-refractivity contribution is 0.483. The van der Waals surface area contributed by atoms with E-state index in [1.54, 1.807) is 6.07 Å². The highest BCUT2D eigenvalue weighted by Crippen LogP contribution is 2.32. The summed E-state index contributed by atoms with van der Waals surface area (Å²) in [6.07, 6.45) is 12.9. The van der Waals surface area contributed by atoms with E-state index in [2.05, 4.69) is 17.6 Å². The molecule has 0 aromatic heterocycles. The molecular formula is C18H30N2O3S. The minimum absolute atomic E-state index is 0.0701. The lowest BCUT2D eigenvalue weighted by atomic mass is 10.1. The Kier molecular flexibility index (Phi) is 7.37. The van der Waals surface area contributed by atoms with Gasteiger partial charge in [0, 0.05) is 0 Å². The molecule has 0 bridgehead atoms. The van der Waals surface area contributed by atoms with E-state index in [-0.39, 0.29) is 11.1 Å². The van der Waals surface area contributed by atoms with Gasteiger partial charge in [-0.3, -0.25) is 4.55 Å². The summed E-state index contributed by atoms with van der Waals surface area (Å²) < 4.78 is 31.5. The van der Waals surface area contributed by atoms with Crippen LogP contribution in [0.5, 0.6) is 0 Å². The Hall–Kier alpha value is -1.27. The second kappa shape index (κ2) is 9.28. The van der Waals surface area contributed by atoms with E-state index in [1.165, 1.54) is 63.5 Å². The molecule has 1 heterocycles. The zero-order chi connectivity index (χ0) is 17.4. The first-order chi connectivity index (χ1) is 11.5. The van der Waals surface area contributed by atoms with Gasteiger partial charge in [-0.15, -0.1) is 0 Å². The maximum Gasteiger partial charge on any atom is 0.294 e. The molecule has 136 valence electrons. The second-order valence-corrected chi connectivity index (χ2v) is 8.06. The molecule has 1 aliphatic heterocycles. The van der Waals surface area contributed by atoms with E-state index >= 15 is 0 Å². The molecule has 0 amide bonds. The summed E-state index contributed by atoms with van der Waals surface area (Å²) >= 11 is 0. The van der Waals surface area contributed by atoms with Gasteiger partial charge in [0.15, 0.2) is 0 Å². The van der Waals surface area contributed by atoms with Crippen molar-refractivity contribution < 1.29 is 13.0 Å². The second-order valence-electron chi connectivity index (χ2n) is 6.64. The van der Waals surface area contributed by atoms with Crippen LogP contribution >= 0.6 is 0 Å². The molecule has 0 saturated carbocycles. The van der Waals surface area contributed by atoms with Crippen molar-refractivity contribution in [3.8, 4) is 0 Å². The van der Waals surface area contributed by atoms with Gasteiger partial charge in [-0.25, -0.2) is 0 Å². The predicted molar refractivity (Wildman–Crippen MR) is 99.1 cm³/mol. The maximum atomic E-state index is 11.2. The smallest absolute Gasteiger partial charge is 0.294 e. The fourth-order valence-corrected chi connectivity index (χ4v) is 3.65. The molecule has 6 heteroatoms. The summed E-state index contributed by atoms with van der Waals surface area (Å²) in [6, 6.07) is 4.60. The molecule has 0 fully saturated rings. The highest BCUT2D eigenvalue weighted by Gasteiger charge is 2.21. The topological polar surface area (TPSA) is 78.4 Å². The van der Waals surface area contributed by atoms with Crippen LogP contribution in [0.2, 0.25) is 0 Å². The molecule has 1 atom stereocenters. The van der Waals surface area contributed by atoms with Crippen LogP contribution in [0.4, 0.5) is 11.4 Å². The van der Waals surface area contributed by atoms with E-state index in [9.17, 15) is 8.42 Å². The quantitative estimate of drug-likeness (QED) is 0.384. The third kappa shape index (κ3) is 5.98. The third-order valence-electron chi connectivity index (χ3n) is 4.54. The zero-order valence-corrected chi connectivity index (χ0v) is 15.4. The number of hydrogen-bond acceptors (Lipinski definition) is 4. The van der Waals surface area contributed by atoms with Crippen molar-refractivity contribution in [2.24, 2.45) is 0 Å². The maximum absolute atomic E-state index is 11.2. The largest absolute Gasteiger partial charge is 0.364 e. The molecule has 5 nitrogen and oxygen atoms in total. The number of fused-ring (bicyclic) bond motifs is 1. The summed E-state index contributed by atoms with van der Waals surface area (Å²) in [5.74, 6) is 0. The van der Waals surface area contributed by atoms with Gasteiger partial charge in [-0.05, 0) is 31.0 Å². The van der Waals surface area contributed by atoms with Crippen molar-refractivity contribution in [2.45, 2.75) is 82.2 Å². The van der Waals surface area contributed by atoms with Gasteiger partial charge in [-0.1, -0.05) is 58.3 Å². The molecule has 0 radical (unpaired) electrons. The molecule has 24 heavy (non-hydrogen) atoms. The first-order valence-electron chi connectivity index (χ1n) is 9.15. The number of rotatable bonds is 11. The summed E-state index contributed by atoms with van der Waals surface area (Å²) in [4.78, 5) is -0.0701. The molecule has 1 aromatic rings. The molecule has 2 rings (SSSR count). The Balaban J connectivity index is 1.62. The molecular weight excluding hydrogens is 324 g/mol. The number of nitrogens with one attached hydrogen (secondary N) is 2. The minimum atomic E-state index is -4.15. The van der Waals surface area contributed by atoms with Crippen LogP contribution in [0.25, 0.3) is 0 Å². The summed E-state index contributed by atoms with van der Waals surface area (Å²) in [7, 11) is -4.15. The Morgan fingerprint density at radius 2 is 1.50 bits per heavy atom. The standard InChI is InChI=1S/C18H30N2O3S/c1-2-3-4-5-6-7-8-9-10-11-18-19-16-13-12-15(24(21,22)23)14-17(16)20-18/h12-14,18-20H,2-11H2,1H3,(H,21,22,23). The van der Waals surface area contributed by atoms with Gasteiger partial charge in [0.25, 0.3) is 10.1 Å². The van der Waals surface area contributed by atoms with Crippen molar-refractivity contribution in [1.29, 1.82) is 0 Å². The minimum Gasteiger partial charge on any atom is -0.364 e. The van der Waals surface area contributed by atoms with Crippen LogP contribution in [0.1, 0.15) is 71.1 Å². The van der Waals surface area contributed by atoms with E-state index in [1.807, 2.05) is 0 Å². The van der Waals surface area contributed by atoms with Crippen molar-refractivity contribution in [2.75, 3.05) is 10.6 Å². The van der Waals surface area contributed by atoms with Gasteiger partial charge in [0.2, 0.25) is 0 Å². The molecule has 1 aliphatic rings. The summed E-state index contributed by atoms with van der Waals surface area (Å²) in [5, 5.41) is 6.64. The van der Waals surface area contributed by atoms with Crippen LogP contribution in [0.3, 0.4) is 0 Å². The Bertz CT molecular complexity index is 617. The predicted octanol–water partition coefficient (Wildman–Crippen LogP) is 5.02. The Morgan fingerprint density at radius 3 is 2.12 bits per heavy atom. The van der Waals surface area contributed by atoms with Crippen molar-refractivity contribution in [1.82, 2.24) is 0 Å². The normalized spacial score (nSPS) is 16.5. The van der Waals surface area contributed by atoms with Crippen molar-refractivity contribution in [3.05, 3.63) is 18.2 Å². The highest BCUT2D eigenvalue weighted by atomic mass is 32.2. The monoisotopic (exact) mass is 354 g/mol. The van der Waals surface area contributed by atoms with E-state index in [0.717, 1.165) is 24.2 Å².